The van der Waals surface area contributed by atoms with E-state index in [0.717, 1.165) is 6.29 Å². The second-order valence-electron chi connectivity index (χ2n) is 6.02. The highest BCUT2D eigenvalue weighted by Crippen LogP contribution is 2.37. The van der Waals surface area contributed by atoms with Gasteiger partial charge in [-0.25, -0.2) is 0 Å². The molecule has 2 rings (SSSR count). The van der Waals surface area contributed by atoms with Crippen LogP contribution in [0.1, 0.15) is 38.1 Å². The highest BCUT2D eigenvalue weighted by molar-refractivity contribution is 6.64. The molecule has 0 N–H and O–H groups in total. The smallest absolute Gasteiger partial charge is 0.468 e. The van der Waals surface area contributed by atoms with Crippen LogP contribution in [0.2, 0.25) is 0 Å². The molecule has 0 radical (unpaired) electrons. The normalized spacial score (nSPS) is 19.6. The fraction of sp³-hybridized carbons (Fsp3) is 0.533. The lowest BCUT2D eigenvalue weighted by atomic mass is 9.75. The van der Waals surface area contributed by atoms with Gasteiger partial charge in [0.25, 0.3) is 0 Å². The van der Waals surface area contributed by atoms with Crippen LogP contribution >= 0.6 is 0 Å². The van der Waals surface area contributed by atoms with Crippen molar-refractivity contribution in [3.63, 3.8) is 0 Å². The van der Waals surface area contributed by atoms with Crippen molar-refractivity contribution in [1.29, 1.82) is 0 Å². The molecule has 5 nitrogen and oxygen atoms in total. The first-order valence-electron chi connectivity index (χ1n) is 6.88. The Kier molecular flexibility index (Phi) is 4.42. The lowest BCUT2D eigenvalue weighted by Gasteiger charge is -2.32. The Labute approximate surface area is 125 Å². The van der Waals surface area contributed by atoms with Crippen molar-refractivity contribution in [3.05, 3.63) is 23.8 Å². The SMILES string of the molecule is COCOc1cccc(C=O)c1B1OC(C)(C)C(C)(C)O1. The van der Waals surface area contributed by atoms with Crippen molar-refractivity contribution in [2.75, 3.05) is 13.9 Å². The number of methoxy groups -OCH3 is 1. The number of hydrogen-bond donors (Lipinski definition) is 0. The van der Waals surface area contributed by atoms with Gasteiger partial charge in [0, 0.05) is 18.1 Å². The van der Waals surface area contributed by atoms with Crippen molar-refractivity contribution in [2.45, 2.75) is 38.9 Å². The molecular formula is C15H21BO5. The second kappa shape index (κ2) is 5.79. The molecule has 114 valence electrons. The van der Waals surface area contributed by atoms with E-state index < -0.39 is 18.3 Å². The Bertz CT molecular complexity index is 511. The minimum atomic E-state index is -0.650. The van der Waals surface area contributed by atoms with E-state index in [-0.39, 0.29) is 6.79 Å². The van der Waals surface area contributed by atoms with Crippen molar-refractivity contribution >= 4 is 18.9 Å². The lowest BCUT2D eigenvalue weighted by molar-refractivity contribution is 0.00578. The van der Waals surface area contributed by atoms with Crippen LogP contribution in [-0.4, -0.2) is 38.5 Å². The van der Waals surface area contributed by atoms with Crippen molar-refractivity contribution in [3.8, 4) is 5.75 Å². The summed E-state index contributed by atoms with van der Waals surface area (Å²) < 4.78 is 22.5. The van der Waals surface area contributed by atoms with Crippen LogP contribution in [-0.2, 0) is 14.0 Å². The van der Waals surface area contributed by atoms with Crippen LogP contribution in [0, 0.1) is 0 Å². The third-order valence-electron chi connectivity index (χ3n) is 4.05. The maximum Gasteiger partial charge on any atom is 0.499 e. The van der Waals surface area contributed by atoms with Crippen LogP contribution in [0.25, 0.3) is 0 Å². The first kappa shape index (κ1) is 16.0. The maximum atomic E-state index is 11.3. The molecule has 0 unspecified atom stereocenters. The Morgan fingerprint density at radius 3 is 2.33 bits per heavy atom. The van der Waals surface area contributed by atoms with Gasteiger partial charge in [-0.15, -0.1) is 0 Å². The summed E-state index contributed by atoms with van der Waals surface area (Å²) in [5.74, 6) is 0.528. The minimum absolute atomic E-state index is 0.0921. The number of benzene rings is 1. The molecule has 0 bridgehead atoms. The molecule has 1 aromatic carbocycles. The number of carbonyl (C=O) groups excluding carboxylic acids is 1. The number of ether oxygens (including phenoxy) is 2. The average Bonchev–Trinajstić information content (AvgIpc) is 2.64. The fourth-order valence-electron chi connectivity index (χ4n) is 2.13. The van der Waals surface area contributed by atoms with E-state index in [1.54, 1.807) is 18.2 Å². The van der Waals surface area contributed by atoms with Crippen LogP contribution in [0.4, 0.5) is 0 Å². The number of rotatable bonds is 5. The third-order valence-corrected chi connectivity index (χ3v) is 4.05. The molecule has 1 aromatic rings. The molecule has 1 aliphatic rings. The Hall–Kier alpha value is -1.37. The molecule has 21 heavy (non-hydrogen) atoms. The van der Waals surface area contributed by atoms with Crippen molar-refractivity contribution < 1.29 is 23.6 Å². The lowest BCUT2D eigenvalue weighted by Crippen LogP contribution is -2.41. The number of hydrogen-bond acceptors (Lipinski definition) is 5. The first-order valence-corrected chi connectivity index (χ1v) is 6.88. The van der Waals surface area contributed by atoms with Gasteiger partial charge in [0.05, 0.1) is 11.2 Å². The first-order chi connectivity index (χ1) is 9.82. The summed E-state index contributed by atoms with van der Waals surface area (Å²) >= 11 is 0. The van der Waals surface area contributed by atoms with Gasteiger partial charge in [-0.1, -0.05) is 12.1 Å². The van der Waals surface area contributed by atoms with E-state index in [0.29, 0.717) is 16.8 Å². The topological polar surface area (TPSA) is 54.0 Å². The summed E-state index contributed by atoms with van der Waals surface area (Å²) in [5.41, 5.74) is 0.128. The van der Waals surface area contributed by atoms with E-state index in [1.165, 1.54) is 7.11 Å². The molecule has 1 saturated heterocycles. The van der Waals surface area contributed by atoms with Crippen LogP contribution in [0.15, 0.2) is 18.2 Å². The Morgan fingerprint density at radius 2 is 1.81 bits per heavy atom. The molecule has 0 atom stereocenters. The summed E-state index contributed by atoms with van der Waals surface area (Å²) in [6, 6.07) is 5.24. The predicted molar refractivity (Wildman–Crippen MR) is 80.0 cm³/mol. The van der Waals surface area contributed by atoms with E-state index >= 15 is 0 Å². The van der Waals surface area contributed by atoms with Crippen LogP contribution in [0.3, 0.4) is 0 Å². The zero-order valence-electron chi connectivity index (χ0n) is 13.1. The van der Waals surface area contributed by atoms with Gasteiger partial charge >= 0.3 is 7.12 Å². The van der Waals surface area contributed by atoms with E-state index in [4.69, 9.17) is 18.8 Å². The van der Waals surface area contributed by atoms with Gasteiger partial charge in [0.15, 0.2) is 6.79 Å². The van der Waals surface area contributed by atoms with Crippen molar-refractivity contribution in [1.82, 2.24) is 0 Å². The second-order valence-corrected chi connectivity index (χ2v) is 6.02. The van der Waals surface area contributed by atoms with Gasteiger partial charge in [-0.2, -0.15) is 0 Å². The molecular weight excluding hydrogens is 271 g/mol. The monoisotopic (exact) mass is 292 g/mol. The summed E-state index contributed by atoms with van der Waals surface area (Å²) in [6.07, 6.45) is 0.778. The molecule has 0 amide bonds. The standard InChI is InChI=1S/C15H21BO5/c1-14(2)15(3,4)21-16(20-14)13-11(9-17)7-6-8-12(13)19-10-18-5/h6-9H,10H2,1-5H3. The van der Waals surface area contributed by atoms with Gasteiger partial charge < -0.3 is 18.8 Å². The molecule has 1 heterocycles. The Morgan fingerprint density at radius 1 is 1.19 bits per heavy atom. The molecule has 0 spiro atoms. The largest absolute Gasteiger partial charge is 0.499 e. The highest BCUT2D eigenvalue weighted by Gasteiger charge is 2.53. The van der Waals surface area contributed by atoms with Gasteiger partial charge in [0.2, 0.25) is 0 Å². The maximum absolute atomic E-state index is 11.3. The molecule has 0 aliphatic carbocycles. The number of carbonyl (C=O) groups is 1. The quantitative estimate of drug-likeness (QED) is 0.470. The summed E-state index contributed by atoms with van der Waals surface area (Å²) in [7, 11) is 0.890. The summed E-state index contributed by atoms with van der Waals surface area (Å²) in [4.78, 5) is 11.3. The van der Waals surface area contributed by atoms with Gasteiger partial charge in [-0.3, -0.25) is 4.79 Å². The highest BCUT2D eigenvalue weighted by atomic mass is 16.7. The van der Waals surface area contributed by atoms with E-state index in [9.17, 15) is 4.79 Å². The zero-order valence-corrected chi connectivity index (χ0v) is 13.1. The summed E-state index contributed by atoms with van der Waals surface area (Å²) in [6.45, 7) is 7.95. The molecule has 6 heteroatoms. The van der Waals surface area contributed by atoms with E-state index in [2.05, 4.69) is 0 Å². The van der Waals surface area contributed by atoms with Crippen LogP contribution in [0.5, 0.6) is 5.75 Å². The average molecular weight is 292 g/mol. The zero-order chi connectivity index (χ0) is 15.7. The summed E-state index contributed by atoms with van der Waals surface area (Å²) in [5, 5.41) is 0. The Balaban J connectivity index is 2.41. The molecule has 0 aromatic heterocycles. The molecule has 1 aliphatic heterocycles. The van der Waals surface area contributed by atoms with Crippen molar-refractivity contribution in [2.24, 2.45) is 0 Å². The minimum Gasteiger partial charge on any atom is -0.468 e. The van der Waals surface area contributed by atoms with E-state index in [1.807, 2.05) is 27.7 Å². The van der Waals surface area contributed by atoms with Gasteiger partial charge in [0.1, 0.15) is 12.0 Å². The predicted octanol–water partition coefficient (Wildman–Crippen LogP) is 1.78. The van der Waals surface area contributed by atoms with Gasteiger partial charge in [-0.05, 0) is 33.8 Å². The third kappa shape index (κ3) is 2.97. The molecule has 1 fully saturated rings. The molecule has 0 saturated carbocycles. The van der Waals surface area contributed by atoms with Crippen LogP contribution < -0.4 is 10.2 Å². The fourth-order valence-corrected chi connectivity index (χ4v) is 2.13. The number of aldehydes is 1.